The molecule has 0 spiro atoms. The van der Waals surface area contributed by atoms with E-state index in [1.807, 2.05) is 12.1 Å². The fourth-order valence-corrected chi connectivity index (χ4v) is 2.62. The maximum Gasteiger partial charge on any atom is 0.307 e. The van der Waals surface area contributed by atoms with Crippen LogP contribution in [0.1, 0.15) is 31.0 Å². The van der Waals surface area contributed by atoms with E-state index in [1.54, 1.807) is 6.20 Å². The second kappa shape index (κ2) is 3.84. The van der Waals surface area contributed by atoms with Crippen molar-refractivity contribution in [3.8, 4) is 0 Å². The van der Waals surface area contributed by atoms with Crippen LogP contribution in [-0.2, 0) is 4.79 Å². The summed E-state index contributed by atoms with van der Waals surface area (Å²) >= 11 is 0. The summed E-state index contributed by atoms with van der Waals surface area (Å²) in [6, 6.07) is 3.75. The molecule has 17 heavy (non-hydrogen) atoms. The van der Waals surface area contributed by atoms with Gasteiger partial charge in [-0.1, -0.05) is 6.42 Å². The van der Waals surface area contributed by atoms with E-state index in [0.29, 0.717) is 5.65 Å². The van der Waals surface area contributed by atoms with Gasteiger partial charge in [-0.3, -0.25) is 4.79 Å². The molecule has 0 amide bonds. The number of carboxylic acids is 1. The lowest BCUT2D eigenvalue weighted by molar-refractivity contribution is -0.142. The first-order valence-corrected chi connectivity index (χ1v) is 5.79. The van der Waals surface area contributed by atoms with Gasteiger partial charge in [-0.2, -0.15) is 0 Å². The number of pyridine rings is 1. The molecular weight excluding hydrogens is 218 g/mol. The first kappa shape index (κ1) is 10.3. The van der Waals surface area contributed by atoms with Crippen LogP contribution >= 0.6 is 0 Å². The summed E-state index contributed by atoms with van der Waals surface area (Å²) in [5, 5.41) is 9.16. The summed E-state index contributed by atoms with van der Waals surface area (Å²) in [6.07, 6.45) is 4.27. The number of H-pyrrole nitrogens is 1. The highest BCUT2D eigenvalue weighted by molar-refractivity contribution is 5.73. The molecule has 2 atom stereocenters. The van der Waals surface area contributed by atoms with Gasteiger partial charge in [0.15, 0.2) is 5.65 Å². The maximum atomic E-state index is 11.1. The quantitative estimate of drug-likeness (QED) is 0.827. The van der Waals surface area contributed by atoms with E-state index in [9.17, 15) is 4.79 Å². The van der Waals surface area contributed by atoms with Crippen LogP contribution in [0.15, 0.2) is 18.3 Å². The predicted octanol–water partition coefficient (Wildman–Crippen LogP) is 1.93. The third-order valence-corrected chi connectivity index (χ3v) is 3.46. The Balaban J connectivity index is 2.00. The highest BCUT2D eigenvalue weighted by atomic mass is 16.4. The molecule has 2 N–H and O–H groups in total. The lowest BCUT2D eigenvalue weighted by Crippen LogP contribution is -2.17. The molecule has 88 valence electrons. The number of aromatic nitrogens is 3. The van der Waals surface area contributed by atoms with E-state index < -0.39 is 5.97 Å². The molecule has 3 rings (SSSR count). The van der Waals surface area contributed by atoms with Gasteiger partial charge in [0.05, 0.1) is 11.4 Å². The van der Waals surface area contributed by atoms with Gasteiger partial charge in [0.1, 0.15) is 5.82 Å². The van der Waals surface area contributed by atoms with Gasteiger partial charge < -0.3 is 10.1 Å². The fraction of sp³-hybridized carbons (Fsp3) is 0.417. The fourth-order valence-electron chi connectivity index (χ4n) is 2.62. The Morgan fingerprint density at radius 3 is 3.12 bits per heavy atom. The van der Waals surface area contributed by atoms with E-state index in [1.165, 1.54) is 0 Å². The van der Waals surface area contributed by atoms with Gasteiger partial charge in [-0.25, -0.2) is 9.97 Å². The summed E-state index contributed by atoms with van der Waals surface area (Å²) in [6.45, 7) is 0. The molecular formula is C12H13N3O2. The Kier molecular flexibility index (Phi) is 2.31. The molecule has 1 fully saturated rings. The van der Waals surface area contributed by atoms with Gasteiger partial charge in [-0.05, 0) is 25.0 Å². The number of aromatic amines is 1. The molecule has 5 heteroatoms. The van der Waals surface area contributed by atoms with Crippen LogP contribution in [0.5, 0.6) is 0 Å². The number of carbonyl (C=O) groups is 1. The van der Waals surface area contributed by atoms with E-state index in [2.05, 4.69) is 15.0 Å². The molecule has 1 aliphatic carbocycles. The number of nitrogens with zero attached hydrogens (tertiary/aromatic N) is 2. The second-order valence-corrected chi connectivity index (χ2v) is 4.48. The summed E-state index contributed by atoms with van der Waals surface area (Å²) in [7, 11) is 0. The average molecular weight is 231 g/mol. The minimum absolute atomic E-state index is 0.00157. The first-order valence-electron chi connectivity index (χ1n) is 5.79. The van der Waals surface area contributed by atoms with Crippen LogP contribution in [-0.4, -0.2) is 26.0 Å². The highest BCUT2D eigenvalue weighted by Crippen LogP contribution is 2.38. The standard InChI is InChI=1S/C12H13N3O2/c16-12(17)8-4-1-3-7(8)10-14-9-5-2-6-13-11(9)15-10/h2,5-8H,1,3-4H2,(H,16,17)(H,13,14,15). The maximum absolute atomic E-state index is 11.1. The van der Waals surface area contributed by atoms with Crippen molar-refractivity contribution in [1.29, 1.82) is 0 Å². The average Bonchev–Trinajstić information content (AvgIpc) is 2.95. The Morgan fingerprint density at radius 2 is 2.35 bits per heavy atom. The molecule has 0 aromatic carbocycles. The molecule has 0 saturated heterocycles. The Bertz CT molecular complexity index is 531. The van der Waals surface area contributed by atoms with Crippen molar-refractivity contribution in [2.75, 3.05) is 0 Å². The van der Waals surface area contributed by atoms with Crippen LogP contribution in [0.2, 0.25) is 0 Å². The van der Waals surface area contributed by atoms with Crippen molar-refractivity contribution in [2.24, 2.45) is 5.92 Å². The van der Waals surface area contributed by atoms with Crippen molar-refractivity contribution < 1.29 is 9.90 Å². The van der Waals surface area contributed by atoms with Gasteiger partial charge in [-0.15, -0.1) is 0 Å². The van der Waals surface area contributed by atoms with Gasteiger partial charge >= 0.3 is 5.97 Å². The number of fused-ring (bicyclic) bond motifs is 1. The number of imidazole rings is 1. The smallest absolute Gasteiger partial charge is 0.307 e. The Morgan fingerprint density at radius 1 is 1.47 bits per heavy atom. The van der Waals surface area contributed by atoms with Gasteiger partial charge in [0.25, 0.3) is 0 Å². The number of aliphatic carboxylic acids is 1. The SMILES string of the molecule is O=C(O)C1CCCC1c1nc2ncccc2[nH]1. The van der Waals surface area contributed by atoms with Crippen LogP contribution in [0.25, 0.3) is 11.2 Å². The molecule has 1 aliphatic rings. The molecule has 2 aromatic heterocycles. The van der Waals surface area contributed by atoms with Crippen LogP contribution < -0.4 is 0 Å². The molecule has 0 bridgehead atoms. The Hall–Kier alpha value is -1.91. The van der Waals surface area contributed by atoms with Crippen molar-refractivity contribution in [3.05, 3.63) is 24.2 Å². The highest BCUT2D eigenvalue weighted by Gasteiger charge is 2.35. The molecule has 2 heterocycles. The lowest BCUT2D eigenvalue weighted by atomic mass is 9.96. The Labute approximate surface area is 97.9 Å². The van der Waals surface area contributed by atoms with E-state index >= 15 is 0 Å². The summed E-state index contributed by atoms with van der Waals surface area (Å²) in [4.78, 5) is 22.9. The third kappa shape index (κ3) is 1.67. The largest absolute Gasteiger partial charge is 0.481 e. The summed E-state index contributed by atoms with van der Waals surface area (Å²) in [5.74, 6) is -0.262. The minimum Gasteiger partial charge on any atom is -0.481 e. The zero-order chi connectivity index (χ0) is 11.8. The zero-order valence-corrected chi connectivity index (χ0v) is 9.26. The normalized spacial score (nSPS) is 24.2. The topological polar surface area (TPSA) is 78.9 Å². The van der Waals surface area contributed by atoms with E-state index in [-0.39, 0.29) is 11.8 Å². The van der Waals surface area contributed by atoms with Crippen molar-refractivity contribution in [3.63, 3.8) is 0 Å². The number of hydrogen-bond acceptors (Lipinski definition) is 3. The molecule has 2 aromatic rings. The number of carboxylic acid groups (broad SMARTS) is 1. The van der Waals surface area contributed by atoms with E-state index in [0.717, 1.165) is 30.6 Å². The molecule has 0 radical (unpaired) electrons. The van der Waals surface area contributed by atoms with Crippen molar-refractivity contribution in [1.82, 2.24) is 15.0 Å². The van der Waals surface area contributed by atoms with Gasteiger partial charge in [0.2, 0.25) is 0 Å². The monoisotopic (exact) mass is 231 g/mol. The van der Waals surface area contributed by atoms with Crippen molar-refractivity contribution in [2.45, 2.75) is 25.2 Å². The molecule has 5 nitrogen and oxygen atoms in total. The van der Waals surface area contributed by atoms with Crippen LogP contribution in [0.3, 0.4) is 0 Å². The zero-order valence-electron chi connectivity index (χ0n) is 9.26. The minimum atomic E-state index is -0.721. The lowest BCUT2D eigenvalue weighted by Gasteiger charge is -2.12. The number of hydrogen-bond donors (Lipinski definition) is 2. The van der Waals surface area contributed by atoms with Crippen molar-refractivity contribution >= 4 is 17.1 Å². The van der Waals surface area contributed by atoms with E-state index in [4.69, 9.17) is 5.11 Å². The first-order chi connectivity index (χ1) is 8.25. The second-order valence-electron chi connectivity index (χ2n) is 4.48. The molecule has 1 saturated carbocycles. The number of rotatable bonds is 2. The predicted molar refractivity (Wildman–Crippen MR) is 61.6 cm³/mol. The molecule has 0 aliphatic heterocycles. The van der Waals surface area contributed by atoms with Gasteiger partial charge in [0, 0.05) is 12.1 Å². The summed E-state index contributed by atoms with van der Waals surface area (Å²) in [5.41, 5.74) is 1.54. The van der Waals surface area contributed by atoms with Crippen LogP contribution in [0.4, 0.5) is 0 Å². The third-order valence-electron chi connectivity index (χ3n) is 3.46. The summed E-state index contributed by atoms with van der Waals surface area (Å²) < 4.78 is 0. The van der Waals surface area contributed by atoms with Crippen LogP contribution in [0, 0.1) is 5.92 Å². The number of nitrogens with one attached hydrogen (secondary N) is 1. The molecule has 2 unspecified atom stereocenters.